The first-order valence-electron chi connectivity index (χ1n) is 10.3. The van der Waals surface area contributed by atoms with Crippen LogP contribution in [0.15, 0.2) is 42.5 Å². The number of rotatable bonds is 6. The van der Waals surface area contributed by atoms with Gasteiger partial charge in [-0.15, -0.1) is 0 Å². The highest BCUT2D eigenvalue weighted by Gasteiger charge is 2.24. The van der Waals surface area contributed by atoms with Gasteiger partial charge in [0.15, 0.2) is 11.5 Å². The van der Waals surface area contributed by atoms with Crippen LogP contribution in [-0.2, 0) is 12.8 Å². The van der Waals surface area contributed by atoms with Gasteiger partial charge in [0.1, 0.15) is 23.2 Å². The minimum Gasteiger partial charge on any atom is -0.497 e. The number of aromatic nitrogens is 1. The largest absolute Gasteiger partial charge is 0.497 e. The van der Waals surface area contributed by atoms with Crippen LogP contribution in [0.5, 0.6) is 17.2 Å². The molecule has 0 unspecified atom stereocenters. The molecule has 1 aliphatic rings. The fourth-order valence-corrected chi connectivity index (χ4v) is 4.13. The van der Waals surface area contributed by atoms with Gasteiger partial charge >= 0.3 is 0 Å². The summed E-state index contributed by atoms with van der Waals surface area (Å²) in [7, 11) is 4.84. The maximum absolute atomic E-state index is 10.2. The number of para-hydroxylation sites is 1. The number of nitrogens with one attached hydrogen (secondary N) is 1. The third-order valence-corrected chi connectivity index (χ3v) is 5.62. The molecule has 1 heterocycles. The van der Waals surface area contributed by atoms with Crippen LogP contribution in [0.2, 0.25) is 0 Å². The van der Waals surface area contributed by atoms with E-state index in [-0.39, 0.29) is 0 Å². The number of benzene rings is 2. The Labute approximate surface area is 182 Å². The van der Waals surface area contributed by atoms with Gasteiger partial charge in [-0.1, -0.05) is 18.2 Å². The van der Waals surface area contributed by atoms with E-state index in [0.29, 0.717) is 28.6 Å². The number of aryl methyl sites for hydroxylation is 1. The van der Waals surface area contributed by atoms with E-state index in [1.54, 1.807) is 21.3 Å². The molecule has 1 aliphatic carbocycles. The van der Waals surface area contributed by atoms with E-state index in [1.165, 1.54) is 0 Å². The summed E-state index contributed by atoms with van der Waals surface area (Å²) in [5.41, 5.74) is 5.35. The third-order valence-electron chi connectivity index (χ3n) is 5.62. The number of ether oxygens (including phenoxy) is 3. The van der Waals surface area contributed by atoms with Crippen molar-refractivity contribution in [1.29, 1.82) is 5.26 Å². The average molecular weight is 415 g/mol. The molecule has 1 N–H and O–H groups in total. The molecular weight excluding hydrogens is 390 g/mol. The van der Waals surface area contributed by atoms with Crippen LogP contribution in [0.3, 0.4) is 0 Å². The van der Waals surface area contributed by atoms with Crippen LogP contribution in [0.1, 0.15) is 29.7 Å². The molecule has 6 nitrogen and oxygen atoms in total. The zero-order chi connectivity index (χ0) is 21.8. The van der Waals surface area contributed by atoms with Gasteiger partial charge < -0.3 is 19.5 Å². The highest BCUT2D eigenvalue weighted by molar-refractivity contribution is 5.83. The maximum Gasteiger partial charge on any atom is 0.184 e. The summed E-state index contributed by atoms with van der Waals surface area (Å²) in [4.78, 5) is 4.88. The number of methoxy groups -OCH3 is 3. The van der Waals surface area contributed by atoms with Crippen molar-refractivity contribution < 1.29 is 14.2 Å². The minimum absolute atomic E-state index is 0.524. The van der Waals surface area contributed by atoms with Crippen LogP contribution >= 0.6 is 0 Å². The molecule has 6 heteroatoms. The van der Waals surface area contributed by atoms with Crippen LogP contribution in [0, 0.1) is 11.3 Å². The molecule has 4 rings (SSSR count). The fourth-order valence-electron chi connectivity index (χ4n) is 4.13. The molecule has 0 aliphatic heterocycles. The van der Waals surface area contributed by atoms with E-state index in [0.717, 1.165) is 53.8 Å². The summed E-state index contributed by atoms with van der Waals surface area (Å²) in [5, 5.41) is 13.5. The molecular formula is C25H25N3O3. The molecule has 0 bridgehead atoms. The van der Waals surface area contributed by atoms with Crippen LogP contribution in [0.4, 0.5) is 11.5 Å². The molecule has 0 atom stereocenters. The summed E-state index contributed by atoms with van der Waals surface area (Å²) in [6.07, 6.45) is 4.00. The normalized spacial score (nSPS) is 12.5. The zero-order valence-corrected chi connectivity index (χ0v) is 18.0. The van der Waals surface area contributed by atoms with E-state index >= 15 is 0 Å². The maximum atomic E-state index is 10.2. The Morgan fingerprint density at radius 3 is 2.39 bits per heavy atom. The van der Waals surface area contributed by atoms with E-state index in [9.17, 15) is 5.26 Å². The Hall–Kier alpha value is -3.72. The molecule has 31 heavy (non-hydrogen) atoms. The molecule has 0 saturated heterocycles. The van der Waals surface area contributed by atoms with Crippen molar-refractivity contribution in [2.24, 2.45) is 0 Å². The Bertz CT molecular complexity index is 1130. The second kappa shape index (κ2) is 8.97. The predicted molar refractivity (Wildman–Crippen MR) is 120 cm³/mol. The molecule has 0 fully saturated rings. The van der Waals surface area contributed by atoms with Gasteiger partial charge in [-0.3, -0.25) is 0 Å². The molecule has 158 valence electrons. The van der Waals surface area contributed by atoms with E-state index in [1.807, 2.05) is 42.5 Å². The van der Waals surface area contributed by atoms with Gasteiger partial charge in [-0.2, -0.15) is 5.26 Å². The molecule has 3 aromatic rings. The minimum atomic E-state index is 0.524. The van der Waals surface area contributed by atoms with Crippen molar-refractivity contribution in [1.82, 2.24) is 4.98 Å². The second-order valence-electron chi connectivity index (χ2n) is 7.35. The summed E-state index contributed by atoms with van der Waals surface area (Å²) in [5.74, 6) is 2.49. The van der Waals surface area contributed by atoms with Crippen molar-refractivity contribution in [3.63, 3.8) is 0 Å². The van der Waals surface area contributed by atoms with Crippen LogP contribution < -0.4 is 19.5 Å². The smallest absolute Gasteiger partial charge is 0.184 e. The number of hydrogen-bond acceptors (Lipinski definition) is 6. The van der Waals surface area contributed by atoms with Crippen LogP contribution in [-0.4, -0.2) is 26.3 Å². The Morgan fingerprint density at radius 1 is 0.935 bits per heavy atom. The van der Waals surface area contributed by atoms with Crippen molar-refractivity contribution in [3.05, 3.63) is 59.3 Å². The van der Waals surface area contributed by atoms with Gasteiger partial charge in [-0.25, -0.2) is 4.98 Å². The first kappa shape index (κ1) is 20.5. The van der Waals surface area contributed by atoms with Gasteiger partial charge in [0.2, 0.25) is 0 Å². The number of nitriles is 1. The van der Waals surface area contributed by atoms with Crippen molar-refractivity contribution >= 4 is 11.5 Å². The Morgan fingerprint density at radius 2 is 1.71 bits per heavy atom. The molecule has 0 saturated carbocycles. The number of hydrogen-bond donors (Lipinski definition) is 1. The SMILES string of the molecule is COc1ccc(-c2c(C#N)c(Nc3cccc(OC)c3OC)nc3c2CCCC3)cc1. The van der Waals surface area contributed by atoms with E-state index in [2.05, 4.69) is 11.4 Å². The number of fused-ring (bicyclic) bond motifs is 1. The number of pyridine rings is 1. The van der Waals surface area contributed by atoms with E-state index < -0.39 is 0 Å². The highest BCUT2D eigenvalue weighted by atomic mass is 16.5. The van der Waals surface area contributed by atoms with Gasteiger partial charge in [0.05, 0.1) is 27.0 Å². The summed E-state index contributed by atoms with van der Waals surface area (Å²) < 4.78 is 16.3. The summed E-state index contributed by atoms with van der Waals surface area (Å²) in [6.45, 7) is 0. The van der Waals surface area contributed by atoms with Crippen molar-refractivity contribution in [2.75, 3.05) is 26.6 Å². The second-order valence-corrected chi connectivity index (χ2v) is 7.35. The molecule has 2 aromatic carbocycles. The lowest BCUT2D eigenvalue weighted by atomic mass is 9.86. The molecule has 0 amide bonds. The summed E-state index contributed by atoms with van der Waals surface area (Å²) >= 11 is 0. The van der Waals surface area contributed by atoms with Crippen molar-refractivity contribution in [3.8, 4) is 34.4 Å². The van der Waals surface area contributed by atoms with Gasteiger partial charge in [0, 0.05) is 11.3 Å². The molecule has 1 aromatic heterocycles. The lowest BCUT2D eigenvalue weighted by Crippen LogP contribution is -2.12. The summed E-state index contributed by atoms with van der Waals surface area (Å²) in [6, 6.07) is 15.8. The monoisotopic (exact) mass is 415 g/mol. The Kier molecular flexibility index (Phi) is 5.94. The Balaban J connectivity index is 1.89. The number of anilines is 2. The zero-order valence-electron chi connectivity index (χ0n) is 18.0. The topological polar surface area (TPSA) is 76.4 Å². The first-order valence-corrected chi connectivity index (χ1v) is 10.3. The fraction of sp³-hybridized carbons (Fsp3) is 0.280. The lowest BCUT2D eigenvalue weighted by Gasteiger charge is -2.23. The van der Waals surface area contributed by atoms with Crippen LogP contribution in [0.25, 0.3) is 11.1 Å². The third kappa shape index (κ3) is 3.87. The van der Waals surface area contributed by atoms with Crippen molar-refractivity contribution in [2.45, 2.75) is 25.7 Å². The average Bonchev–Trinajstić information content (AvgIpc) is 2.83. The van der Waals surface area contributed by atoms with Gasteiger partial charge in [-0.05, 0) is 61.1 Å². The van der Waals surface area contributed by atoms with E-state index in [4.69, 9.17) is 19.2 Å². The first-order chi connectivity index (χ1) is 15.2. The standard InChI is InChI=1S/C25H25N3O3/c1-29-17-13-11-16(12-14-17)23-18-7-4-5-8-20(18)27-25(19(23)15-26)28-21-9-6-10-22(30-2)24(21)31-3/h6,9-14H,4-5,7-8H2,1-3H3,(H,27,28). The lowest BCUT2D eigenvalue weighted by molar-refractivity contribution is 0.356. The predicted octanol–water partition coefficient (Wildman–Crippen LogP) is 5.27. The molecule has 0 spiro atoms. The quantitative estimate of drug-likeness (QED) is 0.591. The number of nitrogens with zero attached hydrogens (tertiary/aromatic N) is 2. The highest BCUT2D eigenvalue weighted by Crippen LogP contribution is 2.41. The molecule has 0 radical (unpaired) electrons. The van der Waals surface area contributed by atoms with Gasteiger partial charge in [0.25, 0.3) is 0 Å².